The van der Waals surface area contributed by atoms with Gasteiger partial charge in [0.25, 0.3) is 5.91 Å². The Labute approximate surface area is 452 Å². The number of β-amino-alcohol motifs (C(OH)–C–C–N with tert-alkyl or cyclic N) is 1. The van der Waals surface area contributed by atoms with E-state index in [1.54, 1.807) is 65.4 Å². The van der Waals surface area contributed by atoms with Gasteiger partial charge in [0.15, 0.2) is 5.78 Å². The first-order chi connectivity index (χ1) is 35.7. The molecule has 4 N–H and O–H groups in total. The van der Waals surface area contributed by atoms with E-state index in [0.29, 0.717) is 80.7 Å². The van der Waals surface area contributed by atoms with Gasteiger partial charge in [-0.1, -0.05) is 113 Å². The zero-order chi connectivity index (χ0) is 52.7. The molecule has 0 unspecified atom stereocenters. The zero-order valence-electron chi connectivity index (χ0n) is 41.2. The minimum absolute atomic E-state index is 0.00804. The van der Waals surface area contributed by atoms with Gasteiger partial charge in [-0.15, -0.1) is 0 Å². The second-order valence-electron chi connectivity index (χ2n) is 18.6. The molecule has 7 rings (SSSR count). The maximum absolute atomic E-state index is 14.6. The van der Waals surface area contributed by atoms with Crippen molar-refractivity contribution in [3.63, 3.8) is 0 Å². The van der Waals surface area contributed by atoms with Crippen molar-refractivity contribution >= 4 is 101 Å². The summed E-state index contributed by atoms with van der Waals surface area (Å²) in [5, 5.41) is 21.1. The van der Waals surface area contributed by atoms with Gasteiger partial charge in [-0.2, -0.15) is 0 Å². The standard InChI is InChI=1S/C56H60Cl4N8O6/c1-61-49(55(73)63-31-44(69)35-66-22-19-39-11-6-7-12-40(39)32-66)30-51(62-2)64-43-20-23-67(24-21-43)53(71)14-8-13-52(70)65-50(29-36-9-4-3-5-10-36)56(74)68-33-41(25-37-15-17-45(57)47(59)27-37)54(72)42(34-68)26-38-16-18-46(58)48(60)28-38/h3-7,9-12,15-18,25-28,30,43-44,50,69H,1,8,13-14,19-24,29,31-35H2,2H3,(H,62,64)(H,63,73)(H,65,70)/b41-25+,42-26+,49-30-/t44-,50+/m1/s1. The minimum atomic E-state index is -0.987. The highest BCUT2D eigenvalue weighted by Gasteiger charge is 2.34. The summed E-state index contributed by atoms with van der Waals surface area (Å²) in [5.74, 6) is -1.17. The molecule has 2 atom stereocenters. The number of aliphatic hydroxyl groups excluding tert-OH is 1. The van der Waals surface area contributed by atoms with E-state index >= 15 is 0 Å². The quantitative estimate of drug-likeness (QED) is 0.0444. The molecule has 2 fully saturated rings. The van der Waals surface area contributed by atoms with E-state index in [1.165, 1.54) is 17.2 Å². The van der Waals surface area contributed by atoms with E-state index in [9.17, 15) is 29.1 Å². The fraction of sp³-hybridized carbons (Fsp3) is 0.339. The van der Waals surface area contributed by atoms with E-state index in [-0.39, 0.29) is 80.6 Å². The Morgan fingerprint density at radius 3 is 2.01 bits per heavy atom. The number of benzene rings is 4. The number of aliphatic imine (C=N–C) groups is 2. The van der Waals surface area contributed by atoms with Crippen LogP contribution in [-0.4, -0.2) is 133 Å². The van der Waals surface area contributed by atoms with E-state index < -0.39 is 18.1 Å². The van der Waals surface area contributed by atoms with Crippen LogP contribution in [0.2, 0.25) is 20.1 Å². The molecule has 3 heterocycles. The van der Waals surface area contributed by atoms with Gasteiger partial charge < -0.3 is 30.9 Å². The van der Waals surface area contributed by atoms with Crippen LogP contribution in [0, 0.1) is 0 Å². The summed E-state index contributed by atoms with van der Waals surface area (Å²) in [6, 6.07) is 26.6. The minimum Gasteiger partial charge on any atom is -0.390 e. The number of piperidine rings is 2. The van der Waals surface area contributed by atoms with E-state index in [1.807, 2.05) is 42.5 Å². The van der Waals surface area contributed by atoms with Crippen molar-refractivity contribution < 1.29 is 29.1 Å². The highest BCUT2D eigenvalue weighted by molar-refractivity contribution is 6.42. The Morgan fingerprint density at radius 2 is 1.41 bits per heavy atom. The Bertz CT molecular complexity index is 2770. The molecule has 4 aromatic carbocycles. The van der Waals surface area contributed by atoms with Gasteiger partial charge in [-0.3, -0.25) is 38.9 Å². The third-order valence-electron chi connectivity index (χ3n) is 13.2. The molecule has 4 aromatic rings. The van der Waals surface area contributed by atoms with Crippen molar-refractivity contribution in [3.05, 3.63) is 162 Å². The van der Waals surface area contributed by atoms with E-state index in [0.717, 1.165) is 25.1 Å². The van der Waals surface area contributed by atoms with Crippen molar-refractivity contribution in [2.24, 2.45) is 9.98 Å². The van der Waals surface area contributed by atoms with Crippen LogP contribution in [0.4, 0.5) is 0 Å². The lowest BCUT2D eigenvalue weighted by Gasteiger charge is -2.33. The lowest BCUT2D eigenvalue weighted by atomic mass is 9.93. The Kier molecular flexibility index (Phi) is 20.2. The lowest BCUT2D eigenvalue weighted by molar-refractivity contribution is -0.137. The molecule has 14 nitrogen and oxygen atoms in total. The maximum atomic E-state index is 14.6. The number of aliphatic hydroxyl groups is 1. The molecule has 388 valence electrons. The Hall–Kier alpha value is -6.13. The van der Waals surface area contributed by atoms with Crippen LogP contribution in [-0.2, 0) is 43.4 Å². The summed E-state index contributed by atoms with van der Waals surface area (Å²) in [7, 11) is 1.60. The van der Waals surface area contributed by atoms with Gasteiger partial charge in [0.2, 0.25) is 17.7 Å². The SMILES string of the molecule is C=N/C(=C\C(=N/C)NC1CCN(C(=O)CCCC(=O)N[C@@H](Cc2ccccc2)C(=O)N2C/C(=C\c3ccc(Cl)c(Cl)c3)C(=O)/C(=C/c3ccc(Cl)c(Cl)c3)C2)CC1)C(=O)NC[C@@H](O)CN1CCc2ccccc2C1. The number of halogens is 4. The van der Waals surface area contributed by atoms with Gasteiger partial charge in [0.1, 0.15) is 17.6 Å². The summed E-state index contributed by atoms with van der Waals surface area (Å²) >= 11 is 25.0. The van der Waals surface area contributed by atoms with Crippen LogP contribution in [0.15, 0.2) is 124 Å². The number of amides is 4. The van der Waals surface area contributed by atoms with Crippen molar-refractivity contribution in [2.45, 2.75) is 69.7 Å². The van der Waals surface area contributed by atoms with Crippen molar-refractivity contribution in [1.29, 1.82) is 0 Å². The van der Waals surface area contributed by atoms with Crippen LogP contribution in [0.3, 0.4) is 0 Å². The molecule has 0 saturated carbocycles. The smallest absolute Gasteiger partial charge is 0.270 e. The van der Waals surface area contributed by atoms with Crippen molar-refractivity contribution in [3.8, 4) is 0 Å². The zero-order valence-corrected chi connectivity index (χ0v) is 44.2. The van der Waals surface area contributed by atoms with Crippen LogP contribution in [0.5, 0.6) is 0 Å². The Morgan fingerprint density at radius 1 is 0.784 bits per heavy atom. The molecule has 3 aliphatic heterocycles. The van der Waals surface area contributed by atoms with Gasteiger partial charge >= 0.3 is 0 Å². The summed E-state index contributed by atoms with van der Waals surface area (Å²) in [4.78, 5) is 82.6. The number of ketones is 1. The van der Waals surface area contributed by atoms with Gasteiger partial charge in [-0.05, 0) is 96.6 Å². The van der Waals surface area contributed by atoms with E-state index in [4.69, 9.17) is 46.4 Å². The fourth-order valence-corrected chi connectivity index (χ4v) is 9.85. The number of fused-ring (bicyclic) bond motifs is 1. The van der Waals surface area contributed by atoms with Crippen LogP contribution >= 0.6 is 46.4 Å². The average molecular weight is 1080 g/mol. The number of carbonyl (C=O) groups is 5. The number of hydrogen-bond donors (Lipinski definition) is 4. The van der Waals surface area contributed by atoms with Gasteiger partial charge in [0, 0.05) is 102 Å². The molecule has 18 heteroatoms. The second-order valence-corrected chi connectivity index (χ2v) is 20.2. The third kappa shape index (κ3) is 15.7. The number of amidine groups is 1. The van der Waals surface area contributed by atoms with Crippen LogP contribution in [0.1, 0.15) is 59.9 Å². The number of rotatable bonds is 18. The van der Waals surface area contributed by atoms with Crippen LogP contribution in [0.25, 0.3) is 12.2 Å². The number of nitrogens with one attached hydrogen (secondary N) is 3. The molecule has 74 heavy (non-hydrogen) atoms. The van der Waals surface area contributed by atoms with E-state index in [2.05, 4.69) is 49.7 Å². The fourth-order valence-electron chi connectivity index (χ4n) is 9.24. The Balaban J connectivity index is 0.907. The molecule has 0 spiro atoms. The third-order valence-corrected chi connectivity index (χ3v) is 14.7. The number of hydrogen-bond acceptors (Lipinski definition) is 9. The monoisotopic (exact) mass is 1080 g/mol. The van der Waals surface area contributed by atoms with Crippen molar-refractivity contribution in [1.82, 2.24) is 30.7 Å². The molecule has 0 aromatic heterocycles. The highest BCUT2D eigenvalue weighted by atomic mass is 35.5. The van der Waals surface area contributed by atoms with Gasteiger partial charge in [0.05, 0.1) is 26.2 Å². The number of likely N-dealkylation sites (tertiary alicyclic amines) is 2. The molecule has 2 saturated heterocycles. The average Bonchev–Trinajstić information content (AvgIpc) is 3.40. The molecule has 0 radical (unpaired) electrons. The number of nitrogens with zero attached hydrogens (tertiary/aromatic N) is 5. The van der Waals surface area contributed by atoms with Gasteiger partial charge in [-0.25, -0.2) is 0 Å². The summed E-state index contributed by atoms with van der Waals surface area (Å²) < 4.78 is 0. The predicted molar refractivity (Wildman–Crippen MR) is 295 cm³/mol. The first kappa shape index (κ1) is 55.6. The molecule has 0 bridgehead atoms. The molecule has 3 aliphatic rings. The lowest BCUT2D eigenvalue weighted by Crippen LogP contribution is -2.52. The summed E-state index contributed by atoms with van der Waals surface area (Å²) in [6.07, 6.45) is 6.85. The predicted octanol–water partition coefficient (Wildman–Crippen LogP) is 7.81. The molecular formula is C56H60Cl4N8O6. The summed E-state index contributed by atoms with van der Waals surface area (Å²) in [6.45, 7) is 6.52. The first-order valence-electron chi connectivity index (χ1n) is 24.6. The number of carbonyl (C=O) groups excluding carboxylic acids is 5. The van der Waals surface area contributed by atoms with Crippen LogP contribution < -0.4 is 16.0 Å². The molecular weight excluding hydrogens is 1020 g/mol. The topological polar surface area (TPSA) is 176 Å². The molecule has 4 amide bonds. The first-order valence-corrected chi connectivity index (χ1v) is 26.1. The molecule has 0 aliphatic carbocycles. The van der Waals surface area contributed by atoms with Crippen molar-refractivity contribution in [2.75, 3.05) is 52.9 Å². The number of Topliss-reactive ketones (excluding diaryl/α,β-unsaturated/α-hetero) is 1. The maximum Gasteiger partial charge on any atom is 0.270 e. The second kappa shape index (κ2) is 26.9. The normalized spacial score (nSPS) is 17.7. The largest absolute Gasteiger partial charge is 0.390 e. The highest BCUT2D eigenvalue weighted by Crippen LogP contribution is 2.29. The summed E-state index contributed by atoms with van der Waals surface area (Å²) in [5.41, 5.74) is 5.34.